The molecule has 0 aliphatic rings. The van der Waals surface area contributed by atoms with E-state index in [1.807, 2.05) is 54.7 Å². The maximum atomic E-state index is 8.59. The number of thiocarbonyl (C=S) groups is 1. The Morgan fingerprint density at radius 2 is 1.62 bits per heavy atom. The van der Waals surface area contributed by atoms with Crippen LogP contribution in [0.15, 0.2) is 72.1 Å². The highest BCUT2D eigenvalue weighted by molar-refractivity contribution is 7.80. The molecule has 2 heterocycles. The van der Waals surface area contributed by atoms with Crippen LogP contribution < -0.4 is 10.6 Å². The summed E-state index contributed by atoms with van der Waals surface area (Å²) in [4.78, 5) is 14.2. The summed E-state index contributed by atoms with van der Waals surface area (Å²) < 4.78 is 0. The zero-order valence-electron chi connectivity index (χ0n) is 18.4. The summed E-state index contributed by atoms with van der Waals surface area (Å²) in [6, 6.07) is 15.2. The second-order valence-electron chi connectivity index (χ2n) is 7.25. The van der Waals surface area contributed by atoms with Crippen molar-refractivity contribution in [2.45, 2.75) is 26.7 Å². The van der Waals surface area contributed by atoms with Gasteiger partial charge < -0.3 is 20.5 Å². The number of rotatable bonds is 8. The van der Waals surface area contributed by atoms with E-state index >= 15 is 0 Å². The number of hydrogen-bond donors (Lipinski definition) is 4. The number of benzene rings is 1. The lowest BCUT2D eigenvalue weighted by Gasteiger charge is -2.25. The first-order valence-corrected chi connectivity index (χ1v) is 11.2. The molecule has 2 aromatic heterocycles. The summed E-state index contributed by atoms with van der Waals surface area (Å²) in [6.45, 7) is 6.09. The third kappa shape index (κ3) is 6.49. The van der Waals surface area contributed by atoms with Crippen molar-refractivity contribution < 1.29 is 0 Å². The molecule has 0 saturated heterocycles. The van der Waals surface area contributed by atoms with Crippen molar-refractivity contribution in [2.24, 2.45) is 4.99 Å². The monoisotopic (exact) mass is 447 g/mol. The highest BCUT2D eigenvalue weighted by Crippen LogP contribution is 2.14. The Labute approximate surface area is 194 Å². The van der Waals surface area contributed by atoms with Crippen molar-refractivity contribution in [3.63, 3.8) is 0 Å². The van der Waals surface area contributed by atoms with Gasteiger partial charge in [-0.2, -0.15) is 0 Å². The summed E-state index contributed by atoms with van der Waals surface area (Å²) in [6.07, 6.45) is 7.32. The van der Waals surface area contributed by atoms with Crippen LogP contribution in [0.25, 0.3) is 0 Å². The topological polar surface area (TPSA) is 92.2 Å². The van der Waals surface area contributed by atoms with Crippen molar-refractivity contribution in [3.8, 4) is 0 Å². The molecule has 0 unspecified atom stereocenters. The van der Waals surface area contributed by atoms with E-state index in [2.05, 4.69) is 39.3 Å². The molecule has 32 heavy (non-hydrogen) atoms. The highest BCUT2D eigenvalue weighted by Gasteiger charge is 2.15. The van der Waals surface area contributed by atoms with Crippen LogP contribution in [0.4, 0.5) is 11.4 Å². The fourth-order valence-corrected chi connectivity index (χ4v) is 3.48. The number of H-pyrrole nitrogens is 1. The van der Waals surface area contributed by atoms with Crippen LogP contribution in [0, 0.1) is 5.41 Å². The van der Waals surface area contributed by atoms with Gasteiger partial charge in [-0.15, -0.1) is 0 Å². The Balaban J connectivity index is 1.72. The molecule has 3 aromatic rings. The van der Waals surface area contributed by atoms with Gasteiger partial charge in [0.2, 0.25) is 0 Å². The number of hydrogen-bond acceptors (Lipinski definition) is 3. The van der Waals surface area contributed by atoms with Crippen LogP contribution in [-0.2, 0) is 0 Å². The second-order valence-corrected chi connectivity index (χ2v) is 7.66. The minimum absolute atomic E-state index is 0.218. The van der Waals surface area contributed by atoms with Gasteiger partial charge in [-0.25, -0.2) is 4.99 Å². The number of aromatic amines is 1. The molecule has 3 rings (SSSR count). The van der Waals surface area contributed by atoms with Gasteiger partial charge in [0.15, 0.2) is 16.8 Å². The number of aromatic nitrogens is 2. The van der Waals surface area contributed by atoms with E-state index in [4.69, 9.17) is 22.6 Å². The molecule has 0 fully saturated rings. The molecular weight excluding hydrogens is 418 g/mol. The summed E-state index contributed by atoms with van der Waals surface area (Å²) in [5.41, 5.74) is 3.36. The average molecular weight is 448 g/mol. The first kappa shape index (κ1) is 23.1. The molecule has 166 valence electrons. The SMILES string of the molecule is CCCN(CCC)C(=NC(=N)c1ccc(NC(=S)Nc2ccncc2)cc1)c1ccc[nH]1. The Hall–Kier alpha value is -3.52. The number of nitrogens with one attached hydrogen (secondary N) is 4. The molecule has 0 radical (unpaired) electrons. The number of nitrogens with zero attached hydrogens (tertiary/aromatic N) is 3. The number of pyridine rings is 1. The summed E-state index contributed by atoms with van der Waals surface area (Å²) in [5, 5.41) is 15.3. The Morgan fingerprint density at radius 1 is 1.00 bits per heavy atom. The third-order valence-electron chi connectivity index (χ3n) is 4.70. The minimum Gasteiger partial charge on any atom is -0.359 e. The summed E-state index contributed by atoms with van der Waals surface area (Å²) >= 11 is 5.37. The van der Waals surface area contributed by atoms with Crippen molar-refractivity contribution in [3.05, 3.63) is 78.4 Å². The molecular formula is C24H29N7S. The molecule has 0 aliphatic carbocycles. The first-order chi connectivity index (χ1) is 15.6. The molecule has 7 nitrogen and oxygen atoms in total. The molecule has 0 aliphatic heterocycles. The van der Waals surface area contributed by atoms with Crippen LogP contribution in [0.2, 0.25) is 0 Å². The molecule has 4 N–H and O–H groups in total. The lowest BCUT2D eigenvalue weighted by Crippen LogP contribution is -2.34. The maximum Gasteiger partial charge on any atom is 0.175 e. The van der Waals surface area contributed by atoms with Gasteiger partial charge in [-0.05, 0) is 73.6 Å². The molecule has 8 heteroatoms. The van der Waals surface area contributed by atoms with Crippen molar-refractivity contribution in [1.29, 1.82) is 5.41 Å². The van der Waals surface area contributed by atoms with E-state index in [1.54, 1.807) is 12.4 Å². The maximum absolute atomic E-state index is 8.59. The van der Waals surface area contributed by atoms with E-state index in [1.165, 1.54) is 0 Å². The fourth-order valence-electron chi connectivity index (χ4n) is 3.24. The van der Waals surface area contributed by atoms with Gasteiger partial charge in [0, 0.05) is 48.6 Å². The summed E-state index contributed by atoms with van der Waals surface area (Å²) in [7, 11) is 0. The second kappa shape index (κ2) is 11.8. The van der Waals surface area contributed by atoms with Crippen molar-refractivity contribution >= 4 is 40.4 Å². The van der Waals surface area contributed by atoms with Crippen LogP contribution in [0.5, 0.6) is 0 Å². The lowest BCUT2D eigenvalue weighted by atomic mass is 10.2. The molecule has 0 spiro atoms. The Bertz CT molecular complexity index is 1020. The van der Waals surface area contributed by atoms with Gasteiger partial charge in [0.25, 0.3) is 0 Å². The number of amidine groups is 2. The van der Waals surface area contributed by atoms with Crippen LogP contribution >= 0.6 is 12.2 Å². The normalized spacial score (nSPS) is 11.1. The molecule has 0 atom stereocenters. The standard InChI is InChI=1S/C24H29N7S/c1-3-16-31(17-4-2)23(21-6-5-13-27-21)30-22(25)18-7-9-19(10-8-18)28-24(32)29-20-11-14-26-15-12-20/h5-15,25,27H,3-4,16-17H2,1-2H3,(H2,26,28,29,32). The predicted octanol–water partition coefficient (Wildman–Crippen LogP) is 5.11. The van der Waals surface area contributed by atoms with Crippen molar-refractivity contribution in [2.75, 3.05) is 23.7 Å². The first-order valence-electron chi connectivity index (χ1n) is 10.7. The van der Waals surface area contributed by atoms with Gasteiger partial charge in [-0.3, -0.25) is 10.4 Å². The zero-order valence-corrected chi connectivity index (χ0v) is 19.2. The van der Waals surface area contributed by atoms with Crippen molar-refractivity contribution in [1.82, 2.24) is 14.9 Å². The Kier molecular flexibility index (Phi) is 8.51. The highest BCUT2D eigenvalue weighted by atomic mass is 32.1. The van der Waals surface area contributed by atoms with Gasteiger partial charge >= 0.3 is 0 Å². The van der Waals surface area contributed by atoms with E-state index in [0.717, 1.165) is 54.4 Å². The van der Waals surface area contributed by atoms with Gasteiger partial charge in [0.1, 0.15) is 0 Å². The summed E-state index contributed by atoms with van der Waals surface area (Å²) in [5.74, 6) is 1.02. The van der Waals surface area contributed by atoms with E-state index in [9.17, 15) is 0 Å². The smallest absolute Gasteiger partial charge is 0.175 e. The fraction of sp³-hybridized carbons (Fsp3) is 0.250. The lowest BCUT2D eigenvalue weighted by molar-refractivity contribution is 0.417. The molecule has 1 aromatic carbocycles. The molecule has 0 saturated carbocycles. The van der Waals surface area contributed by atoms with Crippen LogP contribution in [-0.4, -0.2) is 44.7 Å². The number of anilines is 2. The Morgan fingerprint density at radius 3 is 2.19 bits per heavy atom. The predicted molar refractivity (Wildman–Crippen MR) is 137 cm³/mol. The van der Waals surface area contributed by atoms with Gasteiger partial charge in [0.05, 0.1) is 5.69 Å². The minimum atomic E-state index is 0.218. The quantitative estimate of drug-likeness (QED) is 0.219. The molecule has 0 amide bonds. The van der Waals surface area contributed by atoms with Crippen LogP contribution in [0.1, 0.15) is 37.9 Å². The van der Waals surface area contributed by atoms with Gasteiger partial charge in [-0.1, -0.05) is 13.8 Å². The van der Waals surface area contributed by atoms with E-state index in [-0.39, 0.29) is 5.84 Å². The largest absolute Gasteiger partial charge is 0.359 e. The molecule has 0 bridgehead atoms. The van der Waals surface area contributed by atoms with Crippen LogP contribution in [0.3, 0.4) is 0 Å². The van der Waals surface area contributed by atoms with E-state index < -0.39 is 0 Å². The average Bonchev–Trinajstić information content (AvgIpc) is 3.33. The third-order valence-corrected chi connectivity index (χ3v) is 4.90. The van der Waals surface area contributed by atoms with E-state index in [0.29, 0.717) is 5.11 Å². The number of aliphatic imine (C=N–C) groups is 1. The zero-order chi connectivity index (χ0) is 22.8.